The molecule has 20 heavy (non-hydrogen) atoms. The highest BCUT2D eigenvalue weighted by molar-refractivity contribution is 9.10. The first-order chi connectivity index (χ1) is 9.56. The molecule has 6 heteroatoms. The van der Waals surface area contributed by atoms with Gasteiger partial charge in [0.25, 0.3) is 5.91 Å². The molecule has 0 aliphatic carbocycles. The zero-order chi connectivity index (χ0) is 14.5. The molecule has 104 valence electrons. The van der Waals surface area contributed by atoms with Crippen molar-refractivity contribution in [1.29, 1.82) is 0 Å². The Bertz CT molecular complexity index is 597. The van der Waals surface area contributed by atoms with Crippen molar-refractivity contribution in [3.05, 3.63) is 52.8 Å². The SMILES string of the molecule is Nc1cc(F)cc(Br)c1OCC(=O)Nc1ccccc1. The third-order valence-corrected chi connectivity index (χ3v) is 3.03. The second kappa shape index (κ2) is 6.38. The number of nitrogen functional groups attached to an aromatic ring is 1. The van der Waals surface area contributed by atoms with Crippen molar-refractivity contribution >= 4 is 33.2 Å². The minimum Gasteiger partial charge on any atom is -0.480 e. The van der Waals surface area contributed by atoms with E-state index in [-0.39, 0.29) is 24.0 Å². The zero-order valence-electron chi connectivity index (χ0n) is 10.4. The van der Waals surface area contributed by atoms with E-state index < -0.39 is 5.82 Å². The van der Waals surface area contributed by atoms with Crippen molar-refractivity contribution in [3.8, 4) is 5.75 Å². The van der Waals surface area contributed by atoms with Gasteiger partial charge in [-0.2, -0.15) is 0 Å². The molecule has 4 nitrogen and oxygen atoms in total. The molecule has 0 bridgehead atoms. The lowest BCUT2D eigenvalue weighted by Gasteiger charge is -2.11. The molecule has 0 aliphatic rings. The van der Waals surface area contributed by atoms with Crippen LogP contribution in [0.15, 0.2) is 46.9 Å². The van der Waals surface area contributed by atoms with Crippen molar-refractivity contribution in [3.63, 3.8) is 0 Å². The van der Waals surface area contributed by atoms with Gasteiger partial charge in [-0.1, -0.05) is 18.2 Å². The Labute approximate surface area is 123 Å². The number of hydrogen-bond acceptors (Lipinski definition) is 3. The summed E-state index contributed by atoms with van der Waals surface area (Å²) in [6.07, 6.45) is 0. The Balaban J connectivity index is 1.97. The van der Waals surface area contributed by atoms with Gasteiger partial charge in [0.1, 0.15) is 5.82 Å². The molecule has 0 saturated carbocycles. The number of hydrogen-bond donors (Lipinski definition) is 2. The number of nitrogens with two attached hydrogens (primary N) is 1. The summed E-state index contributed by atoms with van der Waals surface area (Å²) in [6.45, 7) is -0.219. The smallest absolute Gasteiger partial charge is 0.262 e. The van der Waals surface area contributed by atoms with Crippen molar-refractivity contribution in [2.24, 2.45) is 0 Å². The molecule has 0 heterocycles. The number of ether oxygens (including phenoxy) is 1. The monoisotopic (exact) mass is 338 g/mol. The molecule has 3 N–H and O–H groups in total. The van der Waals surface area contributed by atoms with Gasteiger partial charge in [0, 0.05) is 11.8 Å². The van der Waals surface area contributed by atoms with Crippen LogP contribution in [-0.2, 0) is 4.79 Å². The predicted octanol–water partition coefficient (Wildman–Crippen LogP) is 3.19. The van der Waals surface area contributed by atoms with E-state index in [1.54, 1.807) is 12.1 Å². The van der Waals surface area contributed by atoms with Crippen LogP contribution in [-0.4, -0.2) is 12.5 Å². The first kappa shape index (κ1) is 14.3. The number of carbonyl (C=O) groups excluding carboxylic acids is 1. The van der Waals surface area contributed by atoms with Gasteiger partial charge in [-0.15, -0.1) is 0 Å². The fourth-order valence-corrected chi connectivity index (χ4v) is 2.15. The highest BCUT2D eigenvalue weighted by Crippen LogP contribution is 2.32. The summed E-state index contributed by atoms with van der Waals surface area (Å²) in [7, 11) is 0. The van der Waals surface area contributed by atoms with E-state index in [9.17, 15) is 9.18 Å². The molecule has 0 fully saturated rings. The number of para-hydroxylation sites is 1. The van der Waals surface area contributed by atoms with Crippen LogP contribution in [0.1, 0.15) is 0 Å². The summed E-state index contributed by atoms with van der Waals surface area (Å²) in [4.78, 5) is 11.7. The number of carbonyl (C=O) groups is 1. The van der Waals surface area contributed by atoms with E-state index in [0.717, 1.165) is 6.07 Å². The molecule has 2 aromatic carbocycles. The van der Waals surface area contributed by atoms with Gasteiger partial charge in [0.15, 0.2) is 12.4 Å². The highest BCUT2D eigenvalue weighted by atomic mass is 79.9. The molecule has 0 atom stereocenters. The average Bonchev–Trinajstić information content (AvgIpc) is 2.38. The number of nitrogens with one attached hydrogen (secondary N) is 1. The number of anilines is 2. The van der Waals surface area contributed by atoms with Crippen LogP contribution >= 0.6 is 15.9 Å². The molecular formula is C14H12BrFN2O2. The minimum atomic E-state index is -0.476. The summed E-state index contributed by atoms with van der Waals surface area (Å²) in [5, 5.41) is 2.67. The molecule has 0 aliphatic heterocycles. The van der Waals surface area contributed by atoms with Gasteiger partial charge in [0.2, 0.25) is 0 Å². The summed E-state index contributed by atoms with van der Waals surface area (Å²) in [5.41, 5.74) is 6.44. The Morgan fingerprint density at radius 1 is 1.30 bits per heavy atom. The molecule has 0 aromatic heterocycles. The third-order valence-electron chi connectivity index (χ3n) is 2.44. The van der Waals surface area contributed by atoms with Crippen LogP contribution in [0.4, 0.5) is 15.8 Å². The first-order valence-corrected chi connectivity index (χ1v) is 6.58. The standard InChI is InChI=1S/C14H12BrFN2O2/c15-11-6-9(16)7-12(17)14(11)20-8-13(19)18-10-4-2-1-3-5-10/h1-7H,8,17H2,(H,18,19). The van der Waals surface area contributed by atoms with Gasteiger partial charge in [-0.05, 0) is 34.1 Å². The molecular weight excluding hydrogens is 327 g/mol. The fraction of sp³-hybridized carbons (Fsp3) is 0.0714. The van der Waals surface area contributed by atoms with Crippen LogP contribution in [0.25, 0.3) is 0 Å². The Morgan fingerprint density at radius 3 is 2.65 bits per heavy atom. The van der Waals surface area contributed by atoms with Gasteiger partial charge < -0.3 is 15.8 Å². The Hall–Kier alpha value is -2.08. The molecule has 0 radical (unpaired) electrons. The topological polar surface area (TPSA) is 64.3 Å². The van der Waals surface area contributed by atoms with E-state index in [1.807, 2.05) is 18.2 Å². The van der Waals surface area contributed by atoms with E-state index in [2.05, 4.69) is 21.2 Å². The molecule has 1 amide bonds. The number of halogens is 2. The largest absolute Gasteiger partial charge is 0.480 e. The average molecular weight is 339 g/mol. The van der Waals surface area contributed by atoms with E-state index in [4.69, 9.17) is 10.5 Å². The number of benzene rings is 2. The summed E-state index contributed by atoms with van der Waals surface area (Å²) >= 11 is 3.14. The Morgan fingerprint density at radius 2 is 2.00 bits per heavy atom. The van der Waals surface area contributed by atoms with E-state index >= 15 is 0 Å². The fourth-order valence-electron chi connectivity index (χ4n) is 1.59. The third kappa shape index (κ3) is 3.71. The highest BCUT2D eigenvalue weighted by Gasteiger charge is 2.11. The van der Waals surface area contributed by atoms with Crippen molar-refractivity contribution in [1.82, 2.24) is 0 Å². The van der Waals surface area contributed by atoms with Crippen molar-refractivity contribution < 1.29 is 13.9 Å². The molecule has 0 saturated heterocycles. The number of amides is 1. The van der Waals surface area contributed by atoms with Gasteiger partial charge in [-0.25, -0.2) is 4.39 Å². The Kier molecular flexibility index (Phi) is 4.57. The van der Waals surface area contributed by atoms with Gasteiger partial charge in [0.05, 0.1) is 10.2 Å². The van der Waals surface area contributed by atoms with Crippen LogP contribution in [0.3, 0.4) is 0 Å². The summed E-state index contributed by atoms with van der Waals surface area (Å²) in [6, 6.07) is 11.4. The van der Waals surface area contributed by atoms with Crippen LogP contribution in [0, 0.1) is 5.82 Å². The van der Waals surface area contributed by atoms with Crippen LogP contribution in [0.5, 0.6) is 5.75 Å². The first-order valence-electron chi connectivity index (χ1n) is 5.78. The van der Waals surface area contributed by atoms with Crippen molar-refractivity contribution in [2.75, 3.05) is 17.7 Å². The predicted molar refractivity (Wildman–Crippen MR) is 79.1 cm³/mol. The molecule has 2 rings (SSSR count). The second-order valence-corrected chi connectivity index (χ2v) is 4.86. The zero-order valence-corrected chi connectivity index (χ0v) is 12.0. The molecule has 2 aromatic rings. The minimum absolute atomic E-state index is 0.129. The lowest BCUT2D eigenvalue weighted by Crippen LogP contribution is -2.20. The normalized spacial score (nSPS) is 10.1. The van der Waals surface area contributed by atoms with Crippen molar-refractivity contribution in [2.45, 2.75) is 0 Å². The van der Waals surface area contributed by atoms with E-state index in [1.165, 1.54) is 6.07 Å². The summed E-state index contributed by atoms with van der Waals surface area (Å²) in [5.74, 6) is -0.558. The summed E-state index contributed by atoms with van der Waals surface area (Å²) < 4.78 is 18.7. The lowest BCUT2D eigenvalue weighted by atomic mass is 10.3. The maximum atomic E-state index is 13.0. The van der Waals surface area contributed by atoms with Gasteiger partial charge >= 0.3 is 0 Å². The lowest BCUT2D eigenvalue weighted by molar-refractivity contribution is -0.118. The number of rotatable bonds is 4. The second-order valence-electron chi connectivity index (χ2n) is 4.01. The molecule has 0 spiro atoms. The van der Waals surface area contributed by atoms with Crippen LogP contribution in [0.2, 0.25) is 0 Å². The quantitative estimate of drug-likeness (QED) is 0.841. The van der Waals surface area contributed by atoms with Crippen LogP contribution < -0.4 is 15.8 Å². The van der Waals surface area contributed by atoms with Gasteiger partial charge in [-0.3, -0.25) is 4.79 Å². The maximum absolute atomic E-state index is 13.0. The molecule has 0 unspecified atom stereocenters. The van der Waals surface area contributed by atoms with E-state index in [0.29, 0.717) is 10.2 Å². The maximum Gasteiger partial charge on any atom is 0.262 e.